The Morgan fingerprint density at radius 1 is 1.00 bits per heavy atom. The molecule has 1 aliphatic rings. The predicted molar refractivity (Wildman–Crippen MR) is 126 cm³/mol. The normalized spacial score (nSPS) is 13.7. The van der Waals surface area contributed by atoms with Gasteiger partial charge in [-0.05, 0) is 42.5 Å². The van der Waals surface area contributed by atoms with E-state index in [1.54, 1.807) is 0 Å². The molecule has 0 spiro atoms. The fourth-order valence-corrected chi connectivity index (χ4v) is 3.75. The van der Waals surface area contributed by atoms with Crippen LogP contribution in [0.1, 0.15) is 6.92 Å². The van der Waals surface area contributed by atoms with Crippen molar-refractivity contribution < 1.29 is 4.79 Å². The highest BCUT2D eigenvalue weighted by atomic mass is 35.5. The third-order valence-electron chi connectivity index (χ3n) is 5.08. The summed E-state index contributed by atoms with van der Waals surface area (Å²) in [6, 6.07) is 15.2. The Morgan fingerprint density at radius 2 is 1.68 bits per heavy atom. The maximum absolute atomic E-state index is 11.2. The zero-order chi connectivity index (χ0) is 21.8. The summed E-state index contributed by atoms with van der Waals surface area (Å²) < 4.78 is 0. The SMILES string of the molecule is CC(=O)Nc1ccc(Nc2ncnc(N3CCN(c4cccc(Cl)c4)CC3)c2N)cc1. The van der Waals surface area contributed by atoms with Gasteiger partial charge in [-0.2, -0.15) is 0 Å². The molecule has 8 nitrogen and oxygen atoms in total. The van der Waals surface area contributed by atoms with E-state index in [1.807, 2.05) is 42.5 Å². The van der Waals surface area contributed by atoms with Crippen molar-refractivity contribution in [3.63, 3.8) is 0 Å². The van der Waals surface area contributed by atoms with Crippen LogP contribution >= 0.6 is 11.6 Å². The highest BCUT2D eigenvalue weighted by Gasteiger charge is 2.21. The van der Waals surface area contributed by atoms with E-state index < -0.39 is 0 Å². The molecule has 0 radical (unpaired) electrons. The maximum Gasteiger partial charge on any atom is 0.221 e. The molecule has 1 aliphatic heterocycles. The van der Waals surface area contributed by atoms with Gasteiger partial charge in [0.1, 0.15) is 12.0 Å². The molecule has 1 saturated heterocycles. The van der Waals surface area contributed by atoms with E-state index in [-0.39, 0.29) is 5.91 Å². The average molecular weight is 438 g/mol. The molecule has 2 heterocycles. The molecule has 0 unspecified atom stereocenters. The third kappa shape index (κ3) is 4.97. The second-order valence-electron chi connectivity index (χ2n) is 7.30. The quantitative estimate of drug-likeness (QED) is 0.559. The van der Waals surface area contributed by atoms with Gasteiger partial charge in [0.25, 0.3) is 0 Å². The maximum atomic E-state index is 11.2. The lowest BCUT2D eigenvalue weighted by Crippen LogP contribution is -2.47. The van der Waals surface area contributed by atoms with Gasteiger partial charge in [0.15, 0.2) is 11.6 Å². The molecular weight excluding hydrogens is 414 g/mol. The fraction of sp³-hybridized carbons (Fsp3) is 0.227. The minimum absolute atomic E-state index is 0.110. The van der Waals surface area contributed by atoms with Gasteiger partial charge >= 0.3 is 0 Å². The van der Waals surface area contributed by atoms with E-state index in [0.717, 1.165) is 54.1 Å². The number of rotatable bonds is 5. The van der Waals surface area contributed by atoms with Crippen LogP contribution in [0.15, 0.2) is 54.9 Å². The van der Waals surface area contributed by atoms with Crippen LogP contribution in [0, 0.1) is 0 Å². The van der Waals surface area contributed by atoms with Crippen LogP contribution < -0.4 is 26.2 Å². The van der Waals surface area contributed by atoms with E-state index in [4.69, 9.17) is 17.3 Å². The summed E-state index contributed by atoms with van der Waals surface area (Å²) in [6.07, 6.45) is 1.52. The zero-order valence-corrected chi connectivity index (χ0v) is 17.9. The first-order valence-corrected chi connectivity index (χ1v) is 10.4. The van der Waals surface area contributed by atoms with Crippen molar-refractivity contribution in [1.82, 2.24) is 9.97 Å². The Bertz CT molecular complexity index is 1070. The van der Waals surface area contributed by atoms with Crippen LogP contribution in [-0.4, -0.2) is 42.1 Å². The van der Waals surface area contributed by atoms with E-state index in [2.05, 4.69) is 36.5 Å². The van der Waals surface area contributed by atoms with Crippen LogP contribution in [0.5, 0.6) is 0 Å². The van der Waals surface area contributed by atoms with Crippen LogP contribution in [0.2, 0.25) is 5.02 Å². The summed E-state index contributed by atoms with van der Waals surface area (Å²) in [7, 11) is 0. The number of benzene rings is 2. The number of amides is 1. The van der Waals surface area contributed by atoms with Crippen LogP contribution in [-0.2, 0) is 4.79 Å². The molecule has 9 heteroatoms. The van der Waals surface area contributed by atoms with Crippen LogP contribution in [0.3, 0.4) is 0 Å². The number of anilines is 6. The summed E-state index contributed by atoms with van der Waals surface area (Å²) in [5.41, 5.74) is 9.57. The van der Waals surface area contributed by atoms with E-state index in [9.17, 15) is 4.79 Å². The molecule has 2 aromatic carbocycles. The molecule has 1 fully saturated rings. The number of carbonyl (C=O) groups excluding carboxylic acids is 1. The van der Waals surface area contributed by atoms with Crippen molar-refractivity contribution >= 4 is 51.9 Å². The molecule has 1 aromatic heterocycles. The molecule has 4 rings (SSSR count). The Hall–Kier alpha value is -3.52. The van der Waals surface area contributed by atoms with Crippen LogP contribution in [0.4, 0.5) is 34.4 Å². The lowest BCUT2D eigenvalue weighted by molar-refractivity contribution is -0.114. The van der Waals surface area contributed by atoms with Gasteiger partial charge in [-0.3, -0.25) is 4.79 Å². The Balaban J connectivity index is 1.44. The molecule has 3 aromatic rings. The Morgan fingerprint density at radius 3 is 2.35 bits per heavy atom. The Labute approximate surface area is 186 Å². The second kappa shape index (κ2) is 9.09. The first-order chi connectivity index (χ1) is 15.0. The van der Waals surface area contributed by atoms with Gasteiger partial charge < -0.3 is 26.2 Å². The molecule has 0 saturated carbocycles. The van der Waals surface area contributed by atoms with Gasteiger partial charge in [0.05, 0.1) is 0 Å². The van der Waals surface area contributed by atoms with E-state index >= 15 is 0 Å². The number of nitrogen functional groups attached to an aromatic ring is 1. The first kappa shape index (κ1) is 20.7. The summed E-state index contributed by atoms with van der Waals surface area (Å²) in [4.78, 5) is 24.4. The zero-order valence-electron chi connectivity index (χ0n) is 17.2. The molecule has 0 aliphatic carbocycles. The summed E-state index contributed by atoms with van der Waals surface area (Å²) in [5.74, 6) is 1.16. The van der Waals surface area contributed by atoms with Crippen molar-refractivity contribution in [3.05, 3.63) is 59.9 Å². The van der Waals surface area contributed by atoms with Crippen molar-refractivity contribution in [2.75, 3.05) is 52.3 Å². The fourth-order valence-electron chi connectivity index (χ4n) is 3.56. The van der Waals surface area contributed by atoms with Crippen molar-refractivity contribution in [3.8, 4) is 0 Å². The third-order valence-corrected chi connectivity index (χ3v) is 5.32. The molecule has 0 atom stereocenters. The number of halogens is 1. The summed E-state index contributed by atoms with van der Waals surface area (Å²) in [6.45, 7) is 4.75. The predicted octanol–water partition coefficient (Wildman–Crippen LogP) is 3.74. The summed E-state index contributed by atoms with van der Waals surface area (Å²) >= 11 is 6.13. The van der Waals surface area contributed by atoms with Gasteiger partial charge in [0.2, 0.25) is 5.91 Å². The van der Waals surface area contributed by atoms with Crippen molar-refractivity contribution in [2.24, 2.45) is 0 Å². The van der Waals surface area contributed by atoms with Gasteiger partial charge in [0, 0.05) is 55.2 Å². The van der Waals surface area contributed by atoms with Gasteiger partial charge in [-0.1, -0.05) is 17.7 Å². The first-order valence-electron chi connectivity index (χ1n) is 10.0. The highest BCUT2D eigenvalue weighted by molar-refractivity contribution is 6.30. The molecule has 4 N–H and O–H groups in total. The molecular formula is C22H24ClN7O. The largest absolute Gasteiger partial charge is 0.393 e. The van der Waals surface area contributed by atoms with E-state index in [1.165, 1.54) is 13.3 Å². The van der Waals surface area contributed by atoms with E-state index in [0.29, 0.717) is 11.5 Å². The van der Waals surface area contributed by atoms with Crippen molar-refractivity contribution in [2.45, 2.75) is 6.92 Å². The molecule has 160 valence electrons. The molecule has 0 bridgehead atoms. The topological polar surface area (TPSA) is 99.4 Å². The smallest absolute Gasteiger partial charge is 0.221 e. The Kier molecular flexibility index (Phi) is 6.08. The second-order valence-corrected chi connectivity index (χ2v) is 7.73. The lowest BCUT2D eigenvalue weighted by atomic mass is 10.2. The monoisotopic (exact) mass is 437 g/mol. The minimum Gasteiger partial charge on any atom is -0.393 e. The number of hydrogen-bond donors (Lipinski definition) is 3. The standard InChI is InChI=1S/C22H24ClN7O/c1-15(31)27-17-5-7-18(8-6-17)28-21-20(24)22(26-14-25-21)30-11-9-29(10-12-30)19-4-2-3-16(23)13-19/h2-8,13-14H,9-12,24H2,1H3,(H,27,31)(H,25,26,28). The molecule has 1 amide bonds. The number of piperazine rings is 1. The number of carbonyl (C=O) groups is 1. The highest BCUT2D eigenvalue weighted by Crippen LogP contribution is 2.30. The average Bonchev–Trinajstić information content (AvgIpc) is 2.76. The minimum atomic E-state index is -0.110. The number of nitrogens with zero attached hydrogens (tertiary/aromatic N) is 4. The van der Waals surface area contributed by atoms with Crippen LogP contribution in [0.25, 0.3) is 0 Å². The van der Waals surface area contributed by atoms with Crippen molar-refractivity contribution in [1.29, 1.82) is 0 Å². The molecule has 31 heavy (non-hydrogen) atoms. The number of aromatic nitrogens is 2. The summed E-state index contributed by atoms with van der Waals surface area (Å²) in [5, 5.41) is 6.71. The van der Waals surface area contributed by atoms with Gasteiger partial charge in [-0.15, -0.1) is 0 Å². The lowest BCUT2D eigenvalue weighted by Gasteiger charge is -2.37. The number of nitrogens with one attached hydrogen (secondary N) is 2. The van der Waals surface area contributed by atoms with Gasteiger partial charge in [-0.25, -0.2) is 9.97 Å². The number of nitrogens with two attached hydrogens (primary N) is 1. The number of hydrogen-bond acceptors (Lipinski definition) is 7.